The number of aliphatic hydroxyl groups is 4. The summed E-state index contributed by atoms with van der Waals surface area (Å²) < 4.78 is 19.5. The van der Waals surface area contributed by atoms with Crippen LogP contribution in [0.1, 0.15) is 60.8 Å². The number of esters is 2. The zero-order valence-electron chi connectivity index (χ0n) is 21.9. The van der Waals surface area contributed by atoms with Crippen molar-refractivity contribution in [1.29, 1.82) is 0 Å². The summed E-state index contributed by atoms with van der Waals surface area (Å²) in [6, 6.07) is 0. The molecule has 0 fully saturated rings. The van der Waals surface area contributed by atoms with E-state index in [1.165, 1.54) is 0 Å². The predicted octanol–water partition coefficient (Wildman–Crippen LogP) is 1.31. The van der Waals surface area contributed by atoms with Crippen molar-refractivity contribution in [1.82, 2.24) is 0 Å². The highest BCUT2D eigenvalue weighted by Gasteiger charge is 2.22. The van der Waals surface area contributed by atoms with Crippen LogP contribution in [0.25, 0.3) is 0 Å². The molecule has 0 aliphatic heterocycles. The standard InChI is InChI=1S/C20H38O8.C2H6O.CH4O/c1-19(2,3)12-26-11-16(23)15(22)9-14(21)10-27-17(24)7-8-18(25)28-13-20(4,5)6;1-3-2;1-2/h14-16,21-23H,7-13H2,1-6H3;1-2H3;2H,1H3. The van der Waals surface area contributed by atoms with Crippen LogP contribution >= 0.6 is 0 Å². The van der Waals surface area contributed by atoms with Crippen molar-refractivity contribution in [3.8, 4) is 0 Å². The molecule has 0 aromatic carbocycles. The largest absolute Gasteiger partial charge is 0.465 e. The van der Waals surface area contributed by atoms with Crippen molar-refractivity contribution >= 4 is 11.9 Å². The summed E-state index contributed by atoms with van der Waals surface area (Å²) in [4.78, 5) is 23.2. The van der Waals surface area contributed by atoms with Gasteiger partial charge in [-0.25, -0.2) is 0 Å². The second-order valence-corrected chi connectivity index (χ2v) is 9.91. The Labute approximate surface area is 199 Å². The lowest BCUT2D eigenvalue weighted by atomic mass is 9.98. The summed E-state index contributed by atoms with van der Waals surface area (Å²) in [6.07, 6.45) is -3.91. The molecule has 4 N–H and O–H groups in total. The molecule has 10 nitrogen and oxygen atoms in total. The molecule has 3 unspecified atom stereocenters. The molecule has 0 aromatic rings. The zero-order valence-corrected chi connectivity index (χ0v) is 21.9. The van der Waals surface area contributed by atoms with Gasteiger partial charge in [0.05, 0.1) is 44.9 Å². The molecular weight excluding hydrogens is 436 g/mol. The number of carbonyl (C=O) groups is 2. The number of methoxy groups -OCH3 is 1. The van der Waals surface area contributed by atoms with Crippen LogP contribution in [-0.4, -0.2) is 98.4 Å². The SMILES string of the molecule is CC(C)(C)COCC(O)C(O)CC(O)COC(=O)CCC(=O)OCC(C)(C)C.CO.COC. The Bertz CT molecular complexity index is 483. The van der Waals surface area contributed by atoms with E-state index < -0.39 is 30.3 Å². The number of hydrogen-bond acceptors (Lipinski definition) is 10. The molecule has 33 heavy (non-hydrogen) atoms. The van der Waals surface area contributed by atoms with Crippen LogP contribution in [0.5, 0.6) is 0 Å². The highest BCUT2D eigenvalue weighted by Crippen LogP contribution is 2.14. The van der Waals surface area contributed by atoms with E-state index in [4.69, 9.17) is 19.3 Å². The minimum Gasteiger partial charge on any atom is -0.465 e. The first-order chi connectivity index (χ1) is 15.1. The summed E-state index contributed by atoms with van der Waals surface area (Å²) >= 11 is 0. The molecule has 0 rings (SSSR count). The smallest absolute Gasteiger partial charge is 0.306 e. The summed E-state index contributed by atoms with van der Waals surface area (Å²) in [5.74, 6) is -1.13. The van der Waals surface area contributed by atoms with E-state index in [2.05, 4.69) is 4.74 Å². The second-order valence-electron chi connectivity index (χ2n) is 9.91. The van der Waals surface area contributed by atoms with Gasteiger partial charge in [-0.15, -0.1) is 0 Å². The van der Waals surface area contributed by atoms with Crippen molar-refractivity contribution in [3.63, 3.8) is 0 Å². The average Bonchev–Trinajstić information content (AvgIpc) is 2.69. The molecule has 0 saturated heterocycles. The number of carbonyl (C=O) groups excluding carboxylic acids is 2. The van der Waals surface area contributed by atoms with Crippen LogP contribution in [0.3, 0.4) is 0 Å². The van der Waals surface area contributed by atoms with Gasteiger partial charge < -0.3 is 39.4 Å². The first-order valence-corrected chi connectivity index (χ1v) is 10.9. The van der Waals surface area contributed by atoms with Gasteiger partial charge in [0, 0.05) is 27.8 Å². The van der Waals surface area contributed by atoms with Crippen LogP contribution in [0, 0.1) is 10.8 Å². The average molecular weight is 485 g/mol. The Hall–Kier alpha value is -1.30. The van der Waals surface area contributed by atoms with E-state index in [-0.39, 0.29) is 49.9 Å². The summed E-state index contributed by atoms with van der Waals surface area (Å²) in [7, 11) is 4.25. The number of rotatable bonds is 12. The van der Waals surface area contributed by atoms with Crippen molar-refractivity contribution in [3.05, 3.63) is 0 Å². The summed E-state index contributed by atoms with van der Waals surface area (Å²) in [5, 5.41) is 36.6. The first-order valence-electron chi connectivity index (χ1n) is 10.9. The molecule has 200 valence electrons. The van der Waals surface area contributed by atoms with E-state index in [1.807, 2.05) is 41.5 Å². The molecule has 0 aliphatic rings. The third-order valence-corrected chi connectivity index (χ3v) is 3.42. The van der Waals surface area contributed by atoms with Crippen molar-refractivity contribution < 1.29 is 49.0 Å². The normalized spacial score (nSPS) is 14.0. The van der Waals surface area contributed by atoms with Crippen molar-refractivity contribution in [2.75, 3.05) is 47.8 Å². The minimum atomic E-state index is -1.21. The third-order valence-electron chi connectivity index (χ3n) is 3.42. The Kier molecular flexibility index (Phi) is 22.1. The highest BCUT2D eigenvalue weighted by atomic mass is 16.5. The van der Waals surface area contributed by atoms with Gasteiger partial charge in [-0.2, -0.15) is 0 Å². The molecule has 0 aliphatic carbocycles. The number of aliphatic hydroxyl groups excluding tert-OH is 4. The number of ether oxygens (including phenoxy) is 4. The minimum absolute atomic E-state index is 0.0539. The van der Waals surface area contributed by atoms with Crippen molar-refractivity contribution in [2.24, 2.45) is 10.8 Å². The van der Waals surface area contributed by atoms with Gasteiger partial charge in [-0.3, -0.25) is 9.59 Å². The van der Waals surface area contributed by atoms with E-state index >= 15 is 0 Å². The Morgan fingerprint density at radius 1 is 0.727 bits per heavy atom. The summed E-state index contributed by atoms with van der Waals surface area (Å²) in [6.45, 7) is 12.0. The zero-order chi connectivity index (χ0) is 26.7. The van der Waals surface area contributed by atoms with Gasteiger partial charge in [-0.05, 0) is 10.8 Å². The van der Waals surface area contributed by atoms with E-state index in [0.717, 1.165) is 7.11 Å². The molecule has 0 spiro atoms. The van der Waals surface area contributed by atoms with Crippen LogP contribution in [0.4, 0.5) is 0 Å². The molecule has 0 bridgehead atoms. The van der Waals surface area contributed by atoms with Gasteiger partial charge in [0.2, 0.25) is 0 Å². The maximum Gasteiger partial charge on any atom is 0.306 e. The van der Waals surface area contributed by atoms with E-state index in [1.54, 1.807) is 14.2 Å². The van der Waals surface area contributed by atoms with Gasteiger partial charge >= 0.3 is 11.9 Å². The van der Waals surface area contributed by atoms with Crippen molar-refractivity contribution in [2.45, 2.75) is 79.1 Å². The number of hydrogen-bond donors (Lipinski definition) is 4. The van der Waals surface area contributed by atoms with Crippen LogP contribution in [-0.2, 0) is 28.5 Å². The fourth-order valence-electron chi connectivity index (χ4n) is 1.94. The lowest BCUT2D eigenvalue weighted by Gasteiger charge is -2.23. The predicted molar refractivity (Wildman–Crippen MR) is 125 cm³/mol. The van der Waals surface area contributed by atoms with E-state index in [0.29, 0.717) is 6.61 Å². The molecule has 0 radical (unpaired) electrons. The second kappa shape index (κ2) is 20.1. The monoisotopic (exact) mass is 484 g/mol. The van der Waals surface area contributed by atoms with Gasteiger partial charge in [-0.1, -0.05) is 41.5 Å². The molecule has 0 saturated carbocycles. The fraction of sp³-hybridized carbons (Fsp3) is 0.913. The maximum absolute atomic E-state index is 11.6. The van der Waals surface area contributed by atoms with E-state index in [9.17, 15) is 24.9 Å². The molecular formula is C23H48O10. The lowest BCUT2D eigenvalue weighted by molar-refractivity contribution is -0.153. The fourth-order valence-corrected chi connectivity index (χ4v) is 1.94. The summed E-state index contributed by atoms with van der Waals surface area (Å²) in [5.41, 5.74) is -0.207. The Morgan fingerprint density at radius 3 is 1.58 bits per heavy atom. The quantitative estimate of drug-likeness (QED) is 0.298. The molecule has 3 atom stereocenters. The third kappa shape index (κ3) is 28.7. The molecule has 0 amide bonds. The van der Waals surface area contributed by atoms with Crippen LogP contribution < -0.4 is 0 Å². The van der Waals surface area contributed by atoms with Crippen LogP contribution in [0.2, 0.25) is 0 Å². The van der Waals surface area contributed by atoms with Gasteiger partial charge in [0.15, 0.2) is 0 Å². The Balaban J connectivity index is -0.00000165. The topological polar surface area (TPSA) is 152 Å². The van der Waals surface area contributed by atoms with Crippen LogP contribution in [0.15, 0.2) is 0 Å². The molecule has 0 aromatic heterocycles. The van der Waals surface area contributed by atoms with Gasteiger partial charge in [0.25, 0.3) is 0 Å². The first kappa shape index (κ1) is 36.3. The van der Waals surface area contributed by atoms with Gasteiger partial charge in [0.1, 0.15) is 12.7 Å². The highest BCUT2D eigenvalue weighted by molar-refractivity contribution is 5.77. The maximum atomic E-state index is 11.6. The Morgan fingerprint density at radius 2 is 1.15 bits per heavy atom. The molecule has 0 heterocycles. The lowest BCUT2D eigenvalue weighted by Crippen LogP contribution is -2.36. The molecule has 10 heteroatoms.